The second-order valence-electron chi connectivity index (χ2n) is 8.00. The van der Waals surface area contributed by atoms with Gasteiger partial charge >= 0.3 is 0 Å². The van der Waals surface area contributed by atoms with Gasteiger partial charge in [-0.2, -0.15) is 5.26 Å². The molecule has 0 radical (unpaired) electrons. The largest absolute Gasteiger partial charge is 0.322 e. The number of carbonyl (C=O) groups is 1. The van der Waals surface area contributed by atoms with E-state index < -0.39 is 5.82 Å². The van der Waals surface area contributed by atoms with Gasteiger partial charge in [0.25, 0.3) is 5.91 Å². The molecule has 3 heterocycles. The van der Waals surface area contributed by atoms with Gasteiger partial charge in [-0.3, -0.25) is 14.8 Å². The van der Waals surface area contributed by atoms with Gasteiger partial charge in [-0.1, -0.05) is 18.2 Å². The lowest BCUT2D eigenvalue weighted by atomic mass is 10.0. The number of carbonyl (C=O) groups excluding carboxylic acids is 1. The molecule has 7 nitrogen and oxygen atoms in total. The average molecular weight is 462 g/mol. The normalized spacial score (nSPS) is 11.7. The van der Waals surface area contributed by atoms with Crippen molar-refractivity contribution in [2.24, 2.45) is 4.99 Å². The van der Waals surface area contributed by atoms with E-state index in [9.17, 15) is 4.79 Å². The standard InChI is InChI=1S/C27H19FN6O/c28-22-15-20(34-27(35)18-5-3-17(4-6-18)9-11-29)8-7-19(22)14-24-21(2-1-12-30-24)25-26-23(10-13-31-26)32-16-33-25/h1-8,12-13,15-16H,9-10,14H2,(H,34,35). The fraction of sp³-hybridized carbons (Fsp3) is 0.111. The Labute approximate surface area is 201 Å². The molecule has 4 aromatic rings. The summed E-state index contributed by atoms with van der Waals surface area (Å²) in [5, 5.41) is 11.5. The number of nitriles is 1. The molecule has 1 aliphatic heterocycles. The molecule has 2 aromatic heterocycles. The van der Waals surface area contributed by atoms with Crippen molar-refractivity contribution in [3.8, 4) is 17.3 Å². The van der Waals surface area contributed by atoms with Crippen LogP contribution >= 0.6 is 0 Å². The topological polar surface area (TPSA) is 104 Å². The Bertz CT molecular complexity index is 1490. The van der Waals surface area contributed by atoms with E-state index in [0.29, 0.717) is 34.6 Å². The summed E-state index contributed by atoms with van der Waals surface area (Å²) in [6.45, 7) is 0. The lowest BCUT2D eigenvalue weighted by Gasteiger charge is -2.12. The number of pyridine rings is 1. The molecule has 1 aliphatic rings. The molecule has 0 atom stereocenters. The minimum absolute atomic E-state index is 0.249. The molecule has 0 saturated carbocycles. The van der Waals surface area contributed by atoms with Crippen LogP contribution in [0.3, 0.4) is 0 Å². The van der Waals surface area contributed by atoms with E-state index >= 15 is 4.39 Å². The van der Waals surface area contributed by atoms with Crippen molar-refractivity contribution >= 4 is 23.5 Å². The van der Waals surface area contributed by atoms with E-state index in [-0.39, 0.29) is 18.7 Å². The van der Waals surface area contributed by atoms with Crippen LogP contribution in [0.2, 0.25) is 0 Å². The molecular formula is C27H19FN6O. The Morgan fingerprint density at radius 3 is 2.74 bits per heavy atom. The maximum atomic E-state index is 15.0. The second-order valence-corrected chi connectivity index (χ2v) is 8.00. The van der Waals surface area contributed by atoms with Gasteiger partial charge in [-0.05, 0) is 47.5 Å². The van der Waals surface area contributed by atoms with Gasteiger partial charge in [0.15, 0.2) is 0 Å². The molecule has 2 aromatic carbocycles. The van der Waals surface area contributed by atoms with Crippen molar-refractivity contribution in [2.45, 2.75) is 19.3 Å². The van der Waals surface area contributed by atoms with Crippen molar-refractivity contribution in [3.63, 3.8) is 0 Å². The third-order valence-electron chi connectivity index (χ3n) is 5.72. The SMILES string of the molecule is N#CCc1ccc(C(=O)Nc2ccc(Cc3ncccc3-c3ncnc4c3N=CC4)c(F)c2)cc1. The summed E-state index contributed by atoms with van der Waals surface area (Å²) in [5.74, 6) is -0.805. The fourth-order valence-electron chi connectivity index (χ4n) is 3.93. The number of rotatable bonds is 6. The molecule has 170 valence electrons. The smallest absolute Gasteiger partial charge is 0.255 e. The number of fused-ring (bicyclic) bond motifs is 1. The van der Waals surface area contributed by atoms with Crippen LogP contribution in [-0.4, -0.2) is 27.1 Å². The van der Waals surface area contributed by atoms with Gasteiger partial charge in [0, 0.05) is 42.1 Å². The molecule has 1 amide bonds. The molecule has 0 saturated heterocycles. The Morgan fingerprint density at radius 1 is 1.09 bits per heavy atom. The number of amides is 1. The monoisotopic (exact) mass is 462 g/mol. The van der Waals surface area contributed by atoms with Crippen LogP contribution < -0.4 is 5.32 Å². The first kappa shape index (κ1) is 22.0. The number of anilines is 1. The van der Waals surface area contributed by atoms with Crippen LogP contribution in [0.1, 0.15) is 32.9 Å². The summed E-state index contributed by atoms with van der Waals surface area (Å²) in [4.78, 5) is 30.1. The second kappa shape index (κ2) is 9.61. The zero-order chi connectivity index (χ0) is 24.2. The minimum atomic E-state index is -0.449. The van der Waals surface area contributed by atoms with E-state index in [2.05, 4.69) is 31.3 Å². The Morgan fingerprint density at radius 2 is 1.94 bits per heavy atom. The van der Waals surface area contributed by atoms with Gasteiger partial charge in [0.2, 0.25) is 0 Å². The van der Waals surface area contributed by atoms with Gasteiger partial charge in [-0.15, -0.1) is 0 Å². The number of benzene rings is 2. The molecular weight excluding hydrogens is 443 g/mol. The van der Waals surface area contributed by atoms with Crippen LogP contribution in [0, 0.1) is 17.1 Å². The first-order chi connectivity index (χ1) is 17.1. The van der Waals surface area contributed by atoms with E-state index in [1.165, 1.54) is 12.4 Å². The number of hydrogen-bond donors (Lipinski definition) is 1. The van der Waals surface area contributed by atoms with Crippen LogP contribution in [0.25, 0.3) is 11.3 Å². The van der Waals surface area contributed by atoms with Crippen molar-refractivity contribution in [1.82, 2.24) is 15.0 Å². The quantitative estimate of drug-likeness (QED) is 0.441. The highest BCUT2D eigenvalue weighted by atomic mass is 19.1. The first-order valence-corrected chi connectivity index (χ1v) is 11.0. The van der Waals surface area contributed by atoms with Crippen molar-refractivity contribution in [1.29, 1.82) is 5.26 Å². The summed E-state index contributed by atoms with van der Waals surface area (Å²) in [5.41, 5.74) is 5.75. The van der Waals surface area contributed by atoms with Gasteiger partial charge in [0.05, 0.1) is 23.9 Å². The molecule has 0 spiro atoms. The van der Waals surface area contributed by atoms with Crippen molar-refractivity contribution in [3.05, 3.63) is 101 Å². The molecule has 0 aliphatic carbocycles. The molecule has 5 rings (SSSR count). The Balaban J connectivity index is 1.35. The average Bonchev–Trinajstić information content (AvgIpc) is 3.36. The van der Waals surface area contributed by atoms with E-state index in [1.807, 2.05) is 12.1 Å². The predicted octanol–water partition coefficient (Wildman–Crippen LogP) is 4.85. The third kappa shape index (κ3) is 4.66. The number of aromatic nitrogens is 3. The summed E-state index contributed by atoms with van der Waals surface area (Å²) in [7, 11) is 0. The summed E-state index contributed by atoms with van der Waals surface area (Å²) in [6, 6.07) is 17.1. The molecule has 1 N–H and O–H groups in total. The van der Waals surface area contributed by atoms with Gasteiger partial charge < -0.3 is 5.32 Å². The summed E-state index contributed by atoms with van der Waals surface area (Å²) < 4.78 is 15.0. The number of nitrogens with zero attached hydrogens (tertiary/aromatic N) is 5. The number of aliphatic imine (C=N–C) groups is 1. The number of nitrogens with one attached hydrogen (secondary N) is 1. The third-order valence-corrected chi connectivity index (χ3v) is 5.72. The van der Waals surface area contributed by atoms with Gasteiger partial charge in [0.1, 0.15) is 23.5 Å². The predicted molar refractivity (Wildman–Crippen MR) is 130 cm³/mol. The van der Waals surface area contributed by atoms with E-state index in [1.54, 1.807) is 48.8 Å². The minimum Gasteiger partial charge on any atom is -0.322 e. The zero-order valence-corrected chi connectivity index (χ0v) is 18.6. The Kier molecular flexibility index (Phi) is 6.05. The number of halogens is 1. The maximum Gasteiger partial charge on any atom is 0.255 e. The fourth-order valence-corrected chi connectivity index (χ4v) is 3.93. The number of hydrogen-bond acceptors (Lipinski definition) is 6. The summed E-state index contributed by atoms with van der Waals surface area (Å²) in [6.07, 6.45) is 6.16. The lowest BCUT2D eigenvalue weighted by Crippen LogP contribution is -2.12. The maximum absolute atomic E-state index is 15.0. The summed E-state index contributed by atoms with van der Waals surface area (Å²) >= 11 is 0. The molecule has 8 heteroatoms. The first-order valence-electron chi connectivity index (χ1n) is 11.0. The highest BCUT2D eigenvalue weighted by Crippen LogP contribution is 2.35. The van der Waals surface area contributed by atoms with Crippen LogP contribution in [0.4, 0.5) is 15.8 Å². The molecule has 35 heavy (non-hydrogen) atoms. The van der Waals surface area contributed by atoms with Crippen LogP contribution in [0.15, 0.2) is 72.1 Å². The highest BCUT2D eigenvalue weighted by Gasteiger charge is 2.19. The van der Waals surface area contributed by atoms with Gasteiger partial charge in [-0.25, -0.2) is 14.4 Å². The van der Waals surface area contributed by atoms with E-state index in [4.69, 9.17) is 5.26 Å². The van der Waals surface area contributed by atoms with Crippen molar-refractivity contribution < 1.29 is 9.18 Å². The molecule has 0 unspecified atom stereocenters. The van der Waals surface area contributed by atoms with E-state index in [0.717, 1.165) is 22.5 Å². The van der Waals surface area contributed by atoms with Crippen LogP contribution in [-0.2, 0) is 19.3 Å². The lowest BCUT2D eigenvalue weighted by molar-refractivity contribution is 0.102. The zero-order valence-electron chi connectivity index (χ0n) is 18.6. The molecule has 0 bridgehead atoms. The Hall–Kier alpha value is -4.77. The highest BCUT2D eigenvalue weighted by molar-refractivity contribution is 6.04. The van der Waals surface area contributed by atoms with Crippen LogP contribution in [0.5, 0.6) is 0 Å². The molecule has 0 fully saturated rings. The van der Waals surface area contributed by atoms with Crippen molar-refractivity contribution in [2.75, 3.05) is 5.32 Å².